The van der Waals surface area contributed by atoms with Crippen LogP contribution in [0.4, 0.5) is 0 Å². The topological polar surface area (TPSA) is 0 Å². The monoisotopic (exact) mass is 348 g/mol. The molecule has 0 N–H and O–H groups in total. The van der Waals surface area contributed by atoms with E-state index >= 15 is 0 Å². The van der Waals surface area contributed by atoms with Gasteiger partial charge < -0.3 is 0 Å². The van der Waals surface area contributed by atoms with Crippen molar-refractivity contribution in [1.29, 1.82) is 0 Å². The zero-order valence-corrected chi connectivity index (χ0v) is 15.8. The molecular formula is C20H29Br. The van der Waals surface area contributed by atoms with Gasteiger partial charge in [0.25, 0.3) is 0 Å². The Bertz CT molecular complexity index is 528. The maximum absolute atomic E-state index is 4.06. The van der Waals surface area contributed by atoms with Crippen LogP contribution in [-0.4, -0.2) is 0 Å². The number of alkyl halides is 1. The molecule has 0 spiro atoms. The van der Waals surface area contributed by atoms with Crippen molar-refractivity contribution in [2.75, 3.05) is 0 Å². The predicted octanol–water partition coefficient (Wildman–Crippen LogP) is 6.49. The Hall–Kier alpha value is -0.300. The molecule has 0 heterocycles. The molecule has 2 aliphatic rings. The minimum Gasteiger partial charge on any atom is -0.0838 e. The standard InChI is InChI=1S/C20H29Br/c1-11-12(2)14(4)20(15(5)13(11)3)19(21)10-18-9-16-6-7-17(18)8-16/h16-19H,6-10H2,1-5H3. The maximum atomic E-state index is 4.06. The summed E-state index contributed by atoms with van der Waals surface area (Å²) < 4.78 is 0. The van der Waals surface area contributed by atoms with E-state index < -0.39 is 0 Å². The molecule has 0 nitrogen and oxygen atoms in total. The van der Waals surface area contributed by atoms with E-state index in [0.29, 0.717) is 4.83 Å². The van der Waals surface area contributed by atoms with Crippen molar-refractivity contribution in [3.63, 3.8) is 0 Å². The lowest BCUT2D eigenvalue weighted by Crippen LogP contribution is -2.14. The van der Waals surface area contributed by atoms with Crippen molar-refractivity contribution in [1.82, 2.24) is 0 Å². The van der Waals surface area contributed by atoms with Gasteiger partial charge in [-0.15, -0.1) is 0 Å². The molecule has 2 bridgehead atoms. The number of hydrogen-bond donors (Lipinski definition) is 0. The van der Waals surface area contributed by atoms with Crippen LogP contribution in [0.25, 0.3) is 0 Å². The minimum absolute atomic E-state index is 0.542. The summed E-state index contributed by atoms with van der Waals surface area (Å²) in [5, 5.41) is 0. The second kappa shape index (κ2) is 5.72. The molecule has 4 unspecified atom stereocenters. The molecule has 1 aromatic rings. The molecule has 3 rings (SSSR count). The molecule has 4 atom stereocenters. The average Bonchev–Trinajstić information content (AvgIpc) is 3.05. The van der Waals surface area contributed by atoms with E-state index in [4.69, 9.17) is 0 Å². The quantitative estimate of drug-likeness (QED) is 0.547. The fourth-order valence-electron chi connectivity index (χ4n) is 5.05. The van der Waals surface area contributed by atoms with Crippen LogP contribution < -0.4 is 0 Å². The Kier molecular flexibility index (Phi) is 4.25. The van der Waals surface area contributed by atoms with Crippen molar-refractivity contribution in [2.24, 2.45) is 17.8 Å². The fourth-order valence-corrected chi connectivity index (χ4v) is 6.21. The number of benzene rings is 1. The number of fused-ring (bicyclic) bond motifs is 2. The van der Waals surface area contributed by atoms with E-state index in [1.165, 1.54) is 59.9 Å². The molecule has 0 saturated heterocycles. The van der Waals surface area contributed by atoms with Crippen LogP contribution in [0.1, 0.15) is 70.3 Å². The Labute approximate surface area is 138 Å². The molecule has 1 heteroatoms. The number of rotatable bonds is 3. The van der Waals surface area contributed by atoms with Crippen molar-refractivity contribution < 1.29 is 0 Å². The first-order valence-electron chi connectivity index (χ1n) is 8.61. The SMILES string of the molecule is Cc1c(C)c(C)c(C(Br)CC2CC3CCC2C3)c(C)c1C. The molecule has 0 amide bonds. The summed E-state index contributed by atoms with van der Waals surface area (Å²) in [6.45, 7) is 11.5. The summed E-state index contributed by atoms with van der Waals surface area (Å²) in [7, 11) is 0. The highest BCUT2D eigenvalue weighted by Gasteiger charge is 2.40. The predicted molar refractivity (Wildman–Crippen MR) is 95.4 cm³/mol. The maximum Gasteiger partial charge on any atom is 0.0403 e. The third-order valence-corrected chi connectivity index (χ3v) is 7.60. The second-order valence-electron chi connectivity index (χ2n) is 7.68. The Morgan fingerprint density at radius 3 is 1.90 bits per heavy atom. The highest BCUT2D eigenvalue weighted by molar-refractivity contribution is 9.09. The fraction of sp³-hybridized carbons (Fsp3) is 0.700. The second-order valence-corrected chi connectivity index (χ2v) is 8.78. The third-order valence-electron chi connectivity index (χ3n) is 6.77. The van der Waals surface area contributed by atoms with Gasteiger partial charge in [-0.05, 0) is 111 Å². The summed E-state index contributed by atoms with van der Waals surface area (Å²) in [6.07, 6.45) is 7.36. The van der Waals surface area contributed by atoms with Gasteiger partial charge in [-0.3, -0.25) is 0 Å². The summed E-state index contributed by atoms with van der Waals surface area (Å²) in [4.78, 5) is 0.542. The highest BCUT2D eigenvalue weighted by Crippen LogP contribution is 2.52. The van der Waals surface area contributed by atoms with Crippen LogP contribution >= 0.6 is 15.9 Å². The lowest BCUT2D eigenvalue weighted by molar-refractivity contribution is 0.314. The molecule has 0 aliphatic heterocycles. The van der Waals surface area contributed by atoms with E-state index in [-0.39, 0.29) is 0 Å². The van der Waals surface area contributed by atoms with Crippen LogP contribution in [0.2, 0.25) is 0 Å². The Morgan fingerprint density at radius 2 is 1.43 bits per heavy atom. The molecule has 0 radical (unpaired) electrons. The molecule has 2 saturated carbocycles. The van der Waals surface area contributed by atoms with E-state index in [9.17, 15) is 0 Å². The van der Waals surface area contributed by atoms with Gasteiger partial charge in [0, 0.05) is 4.83 Å². The lowest BCUT2D eigenvalue weighted by atomic mass is 9.81. The summed E-state index contributed by atoms with van der Waals surface area (Å²) in [5.41, 5.74) is 9.07. The molecule has 2 fully saturated rings. The highest BCUT2D eigenvalue weighted by atomic mass is 79.9. The van der Waals surface area contributed by atoms with Gasteiger partial charge in [0.15, 0.2) is 0 Å². The first-order chi connectivity index (χ1) is 9.90. The molecular weight excluding hydrogens is 320 g/mol. The number of halogens is 1. The molecule has 116 valence electrons. The molecule has 2 aliphatic carbocycles. The molecule has 0 aromatic heterocycles. The average molecular weight is 349 g/mol. The summed E-state index contributed by atoms with van der Waals surface area (Å²) in [5.74, 6) is 3.06. The van der Waals surface area contributed by atoms with Gasteiger partial charge >= 0.3 is 0 Å². The van der Waals surface area contributed by atoms with Crippen LogP contribution in [0.5, 0.6) is 0 Å². The first kappa shape index (κ1) is 15.6. The zero-order valence-electron chi connectivity index (χ0n) is 14.2. The van der Waals surface area contributed by atoms with Crippen molar-refractivity contribution in [3.05, 3.63) is 33.4 Å². The Morgan fingerprint density at radius 1 is 0.857 bits per heavy atom. The van der Waals surface area contributed by atoms with E-state index in [1.54, 1.807) is 5.56 Å². The van der Waals surface area contributed by atoms with Crippen molar-refractivity contribution >= 4 is 15.9 Å². The van der Waals surface area contributed by atoms with Crippen molar-refractivity contribution in [2.45, 2.75) is 71.5 Å². The molecule has 21 heavy (non-hydrogen) atoms. The van der Waals surface area contributed by atoms with Gasteiger partial charge in [0.1, 0.15) is 0 Å². The van der Waals surface area contributed by atoms with E-state index in [0.717, 1.165) is 17.8 Å². The number of hydrogen-bond acceptors (Lipinski definition) is 0. The van der Waals surface area contributed by atoms with Crippen LogP contribution in [0.15, 0.2) is 0 Å². The molecule has 1 aromatic carbocycles. The third kappa shape index (κ3) is 2.60. The minimum atomic E-state index is 0.542. The van der Waals surface area contributed by atoms with Crippen LogP contribution in [0.3, 0.4) is 0 Å². The van der Waals surface area contributed by atoms with Gasteiger partial charge in [-0.25, -0.2) is 0 Å². The lowest BCUT2D eigenvalue weighted by Gasteiger charge is -2.27. The van der Waals surface area contributed by atoms with Crippen LogP contribution in [0, 0.1) is 52.4 Å². The van der Waals surface area contributed by atoms with Gasteiger partial charge in [-0.2, -0.15) is 0 Å². The van der Waals surface area contributed by atoms with Crippen LogP contribution in [-0.2, 0) is 0 Å². The summed E-state index contributed by atoms with van der Waals surface area (Å²) >= 11 is 4.06. The first-order valence-corrected chi connectivity index (χ1v) is 9.52. The van der Waals surface area contributed by atoms with Crippen molar-refractivity contribution in [3.8, 4) is 0 Å². The van der Waals surface area contributed by atoms with E-state index in [1.807, 2.05) is 0 Å². The van der Waals surface area contributed by atoms with Gasteiger partial charge in [-0.1, -0.05) is 22.4 Å². The largest absolute Gasteiger partial charge is 0.0838 e. The smallest absolute Gasteiger partial charge is 0.0403 e. The normalized spacial score (nSPS) is 29.1. The Balaban J connectivity index is 1.86. The van der Waals surface area contributed by atoms with Gasteiger partial charge in [0.05, 0.1) is 0 Å². The van der Waals surface area contributed by atoms with Gasteiger partial charge in [0.2, 0.25) is 0 Å². The summed E-state index contributed by atoms with van der Waals surface area (Å²) in [6, 6.07) is 0. The zero-order chi connectivity index (χ0) is 15.3. The van der Waals surface area contributed by atoms with E-state index in [2.05, 4.69) is 50.5 Å².